The lowest BCUT2D eigenvalue weighted by molar-refractivity contribution is 0.483. The molecule has 158 valence electrons. The Morgan fingerprint density at radius 2 is 1.59 bits per heavy atom. The lowest BCUT2D eigenvalue weighted by atomic mass is 10.0. The molecule has 0 atom stereocenters. The molecule has 5 aromatic rings. The molecule has 0 unspecified atom stereocenters. The number of aromatic nitrogens is 3. The van der Waals surface area contributed by atoms with Crippen LogP contribution in [0.15, 0.2) is 91.3 Å². The highest BCUT2D eigenvalue weighted by atomic mass is 16.5. The average molecular weight is 422 g/mol. The Labute approximate surface area is 186 Å². The predicted octanol–water partition coefficient (Wildman–Crippen LogP) is 5.53. The van der Waals surface area contributed by atoms with Gasteiger partial charge in [0, 0.05) is 31.5 Å². The molecule has 0 saturated heterocycles. The number of ether oxygens (including phenoxy) is 1. The Kier molecular flexibility index (Phi) is 4.95. The van der Waals surface area contributed by atoms with Crippen LogP contribution < -0.4 is 15.4 Å². The van der Waals surface area contributed by atoms with E-state index in [-0.39, 0.29) is 0 Å². The quantitative estimate of drug-likeness (QED) is 0.404. The number of para-hydroxylation sites is 1. The molecule has 5 rings (SSSR count). The van der Waals surface area contributed by atoms with Gasteiger partial charge in [0.15, 0.2) is 5.82 Å². The normalized spacial score (nSPS) is 10.9. The minimum atomic E-state index is 0.470. The van der Waals surface area contributed by atoms with Crippen LogP contribution in [0.2, 0.25) is 0 Å². The molecular formula is C26H23N5O. The van der Waals surface area contributed by atoms with Crippen molar-refractivity contribution in [1.29, 1.82) is 0 Å². The van der Waals surface area contributed by atoms with Crippen LogP contribution in [0.4, 0.5) is 11.5 Å². The van der Waals surface area contributed by atoms with Crippen LogP contribution >= 0.6 is 0 Å². The standard InChI is InChI=1S/C26H23N5O/c1-30(2)19-7-6-8-20(15-19)31-24-17-28-16-23(25(24)26(27)29-31)18-11-13-22(14-12-18)32-21-9-4-3-5-10-21/h3-17H,1-2H3,(H2,27,29). The first-order valence-electron chi connectivity index (χ1n) is 10.3. The molecule has 0 aliphatic rings. The summed E-state index contributed by atoms with van der Waals surface area (Å²) in [7, 11) is 4.03. The van der Waals surface area contributed by atoms with E-state index >= 15 is 0 Å². The molecule has 32 heavy (non-hydrogen) atoms. The van der Waals surface area contributed by atoms with Crippen LogP contribution in [0.3, 0.4) is 0 Å². The molecule has 2 aromatic heterocycles. The van der Waals surface area contributed by atoms with Crippen molar-refractivity contribution >= 4 is 22.4 Å². The van der Waals surface area contributed by atoms with Crippen molar-refractivity contribution in [3.8, 4) is 28.3 Å². The lowest BCUT2D eigenvalue weighted by Gasteiger charge is -2.14. The van der Waals surface area contributed by atoms with E-state index in [0.29, 0.717) is 5.82 Å². The number of anilines is 2. The van der Waals surface area contributed by atoms with Gasteiger partial charge in [-0.15, -0.1) is 5.10 Å². The van der Waals surface area contributed by atoms with Crippen LogP contribution in [-0.2, 0) is 0 Å². The third-order valence-electron chi connectivity index (χ3n) is 5.35. The van der Waals surface area contributed by atoms with Crippen molar-refractivity contribution in [2.75, 3.05) is 24.7 Å². The fraction of sp³-hybridized carbons (Fsp3) is 0.0769. The first-order chi connectivity index (χ1) is 15.6. The number of pyridine rings is 1. The summed E-state index contributed by atoms with van der Waals surface area (Å²) >= 11 is 0. The number of hydrogen-bond donors (Lipinski definition) is 1. The summed E-state index contributed by atoms with van der Waals surface area (Å²) in [5, 5.41) is 5.51. The summed E-state index contributed by atoms with van der Waals surface area (Å²) in [6.07, 6.45) is 3.63. The Bertz CT molecular complexity index is 1380. The number of fused-ring (bicyclic) bond motifs is 1. The smallest absolute Gasteiger partial charge is 0.154 e. The van der Waals surface area contributed by atoms with Gasteiger partial charge in [0.2, 0.25) is 0 Å². The van der Waals surface area contributed by atoms with E-state index < -0.39 is 0 Å². The van der Waals surface area contributed by atoms with E-state index in [9.17, 15) is 0 Å². The van der Waals surface area contributed by atoms with Crippen LogP contribution in [0.25, 0.3) is 27.7 Å². The zero-order chi connectivity index (χ0) is 22.1. The number of nitrogens with zero attached hydrogens (tertiary/aromatic N) is 4. The highest BCUT2D eigenvalue weighted by Gasteiger charge is 2.16. The Balaban J connectivity index is 1.54. The second kappa shape index (κ2) is 8.07. The summed E-state index contributed by atoms with van der Waals surface area (Å²) in [5.41, 5.74) is 11.2. The summed E-state index contributed by atoms with van der Waals surface area (Å²) in [6, 6.07) is 25.8. The highest BCUT2D eigenvalue weighted by molar-refractivity contribution is 6.01. The maximum absolute atomic E-state index is 6.39. The molecule has 0 aliphatic carbocycles. The minimum Gasteiger partial charge on any atom is -0.457 e. The fourth-order valence-electron chi connectivity index (χ4n) is 3.74. The molecule has 0 fully saturated rings. The van der Waals surface area contributed by atoms with E-state index in [0.717, 1.165) is 44.9 Å². The van der Waals surface area contributed by atoms with Gasteiger partial charge < -0.3 is 15.4 Å². The SMILES string of the molecule is CN(C)c1cccc(-n2nc(N)c3c(-c4ccc(Oc5ccccc5)cc4)cncc32)c1. The zero-order valence-corrected chi connectivity index (χ0v) is 17.9. The summed E-state index contributed by atoms with van der Waals surface area (Å²) in [4.78, 5) is 6.54. The first-order valence-corrected chi connectivity index (χ1v) is 10.3. The molecule has 3 aromatic carbocycles. The average Bonchev–Trinajstić information content (AvgIpc) is 3.17. The number of rotatable bonds is 5. The van der Waals surface area contributed by atoms with Crippen LogP contribution in [-0.4, -0.2) is 28.9 Å². The maximum atomic E-state index is 6.39. The fourth-order valence-corrected chi connectivity index (χ4v) is 3.74. The topological polar surface area (TPSA) is 69.2 Å². The van der Waals surface area contributed by atoms with Gasteiger partial charge in [0.1, 0.15) is 11.5 Å². The van der Waals surface area contributed by atoms with Gasteiger partial charge in [-0.1, -0.05) is 36.4 Å². The number of nitrogens with two attached hydrogens (primary N) is 1. The van der Waals surface area contributed by atoms with E-state index in [2.05, 4.69) is 27.1 Å². The van der Waals surface area contributed by atoms with Gasteiger partial charge in [-0.25, -0.2) is 4.68 Å². The third-order valence-corrected chi connectivity index (χ3v) is 5.35. The second-order valence-electron chi connectivity index (χ2n) is 7.73. The minimum absolute atomic E-state index is 0.470. The van der Waals surface area contributed by atoms with Gasteiger partial charge in [-0.3, -0.25) is 4.98 Å². The highest BCUT2D eigenvalue weighted by Crippen LogP contribution is 2.34. The summed E-state index contributed by atoms with van der Waals surface area (Å²) in [5.74, 6) is 2.04. The van der Waals surface area contributed by atoms with E-state index in [4.69, 9.17) is 10.5 Å². The van der Waals surface area contributed by atoms with Crippen molar-refractivity contribution in [1.82, 2.24) is 14.8 Å². The number of hydrogen-bond acceptors (Lipinski definition) is 5. The largest absolute Gasteiger partial charge is 0.457 e. The molecule has 0 spiro atoms. The Morgan fingerprint density at radius 3 is 2.34 bits per heavy atom. The van der Waals surface area contributed by atoms with Crippen LogP contribution in [0.1, 0.15) is 0 Å². The Hall–Kier alpha value is -4.32. The molecule has 6 nitrogen and oxygen atoms in total. The number of benzene rings is 3. The van der Waals surface area contributed by atoms with Crippen molar-refractivity contribution in [2.24, 2.45) is 0 Å². The second-order valence-corrected chi connectivity index (χ2v) is 7.73. The van der Waals surface area contributed by atoms with Gasteiger partial charge >= 0.3 is 0 Å². The summed E-state index contributed by atoms with van der Waals surface area (Å²) < 4.78 is 7.76. The molecule has 0 aliphatic heterocycles. The molecule has 0 amide bonds. The van der Waals surface area contributed by atoms with Crippen molar-refractivity contribution in [2.45, 2.75) is 0 Å². The first kappa shape index (κ1) is 19.6. The van der Waals surface area contributed by atoms with Crippen LogP contribution in [0, 0.1) is 0 Å². The number of nitrogen functional groups attached to an aromatic ring is 1. The molecule has 0 radical (unpaired) electrons. The molecule has 0 bridgehead atoms. The van der Waals surface area contributed by atoms with E-state index in [1.54, 1.807) is 6.20 Å². The van der Waals surface area contributed by atoms with Crippen molar-refractivity contribution in [3.05, 3.63) is 91.3 Å². The van der Waals surface area contributed by atoms with Crippen molar-refractivity contribution in [3.63, 3.8) is 0 Å². The van der Waals surface area contributed by atoms with Crippen LogP contribution in [0.5, 0.6) is 11.5 Å². The molecular weight excluding hydrogens is 398 g/mol. The zero-order valence-electron chi connectivity index (χ0n) is 17.9. The van der Waals surface area contributed by atoms with Gasteiger partial charge in [0.05, 0.1) is 22.8 Å². The molecule has 6 heteroatoms. The summed E-state index contributed by atoms with van der Waals surface area (Å²) in [6.45, 7) is 0. The monoisotopic (exact) mass is 421 g/mol. The van der Waals surface area contributed by atoms with Gasteiger partial charge in [0.25, 0.3) is 0 Å². The van der Waals surface area contributed by atoms with Gasteiger partial charge in [-0.2, -0.15) is 0 Å². The van der Waals surface area contributed by atoms with Crippen molar-refractivity contribution < 1.29 is 4.74 Å². The Morgan fingerprint density at radius 1 is 0.844 bits per heavy atom. The lowest BCUT2D eigenvalue weighted by Crippen LogP contribution is -2.09. The maximum Gasteiger partial charge on any atom is 0.154 e. The molecule has 2 N–H and O–H groups in total. The van der Waals surface area contributed by atoms with Gasteiger partial charge in [-0.05, 0) is 48.0 Å². The molecule has 0 saturated carbocycles. The predicted molar refractivity (Wildman–Crippen MR) is 130 cm³/mol. The molecule has 2 heterocycles. The van der Waals surface area contributed by atoms with E-state index in [1.165, 1.54) is 0 Å². The third kappa shape index (κ3) is 3.63. The van der Waals surface area contributed by atoms with E-state index in [1.807, 2.05) is 91.7 Å².